The fraction of sp³-hybridized carbons (Fsp3) is 0.625. The molecule has 0 heterocycles. The van der Waals surface area contributed by atoms with E-state index in [1.165, 1.54) is 0 Å². The van der Waals surface area contributed by atoms with Gasteiger partial charge in [-0.3, -0.25) is 0 Å². The molecule has 2 fully saturated rings. The summed E-state index contributed by atoms with van der Waals surface area (Å²) in [6.45, 7) is 2.11. The van der Waals surface area contributed by atoms with Crippen molar-refractivity contribution in [3.05, 3.63) is 29.3 Å². The molecular formula is C16H20F2O2. The summed E-state index contributed by atoms with van der Waals surface area (Å²) in [5, 5.41) is 19.3. The van der Waals surface area contributed by atoms with Gasteiger partial charge in [-0.25, -0.2) is 8.78 Å². The normalized spacial score (nSPS) is 36.9. The van der Waals surface area contributed by atoms with E-state index in [2.05, 4.69) is 6.92 Å². The van der Waals surface area contributed by atoms with Gasteiger partial charge in [0.2, 0.25) is 0 Å². The van der Waals surface area contributed by atoms with Crippen molar-refractivity contribution < 1.29 is 19.0 Å². The highest BCUT2D eigenvalue weighted by Gasteiger charge is 2.49. The van der Waals surface area contributed by atoms with E-state index in [4.69, 9.17) is 0 Å². The zero-order valence-corrected chi connectivity index (χ0v) is 11.6. The summed E-state index contributed by atoms with van der Waals surface area (Å²) >= 11 is 0. The van der Waals surface area contributed by atoms with Crippen LogP contribution in [0, 0.1) is 23.0 Å². The Bertz CT molecular complexity index is 531. The van der Waals surface area contributed by atoms with Gasteiger partial charge in [0, 0.05) is 6.07 Å². The molecule has 4 atom stereocenters. The molecule has 0 unspecified atom stereocenters. The monoisotopic (exact) mass is 282 g/mol. The van der Waals surface area contributed by atoms with E-state index in [1.54, 1.807) is 0 Å². The van der Waals surface area contributed by atoms with Crippen molar-refractivity contribution in [1.82, 2.24) is 0 Å². The summed E-state index contributed by atoms with van der Waals surface area (Å²) < 4.78 is 27.4. The molecule has 2 aliphatic rings. The third-order valence-corrected chi connectivity index (χ3v) is 5.59. The lowest BCUT2D eigenvalue weighted by Crippen LogP contribution is -2.37. The zero-order chi connectivity index (χ0) is 14.5. The Morgan fingerprint density at radius 1 is 1.15 bits per heavy atom. The molecule has 0 aromatic heterocycles. The van der Waals surface area contributed by atoms with Crippen LogP contribution in [-0.4, -0.2) is 16.3 Å². The first-order valence-electron chi connectivity index (χ1n) is 7.28. The van der Waals surface area contributed by atoms with Crippen LogP contribution in [0.5, 0.6) is 5.75 Å². The zero-order valence-electron chi connectivity index (χ0n) is 11.6. The quantitative estimate of drug-likeness (QED) is 0.824. The number of benzene rings is 1. The molecule has 1 aromatic rings. The van der Waals surface area contributed by atoms with Gasteiger partial charge in [-0.1, -0.05) is 6.92 Å². The Balaban J connectivity index is 1.86. The lowest BCUT2D eigenvalue weighted by atomic mass is 9.64. The number of fused-ring (bicyclic) bond motifs is 1. The summed E-state index contributed by atoms with van der Waals surface area (Å²) in [6, 6.07) is 1.99. The molecule has 2 aliphatic carbocycles. The number of aliphatic hydroxyl groups is 1. The summed E-state index contributed by atoms with van der Waals surface area (Å²) in [5.74, 6) is -1.58. The molecule has 0 saturated heterocycles. The third kappa shape index (κ3) is 2.01. The molecule has 2 saturated carbocycles. The number of phenolic OH excluding ortho intramolecular Hbond substituents is 1. The standard InChI is InChI=1S/C16H20F2O2/c1-16-5-4-9(6-10(16)2-3-15(16)20)11-7-13(18)14(19)8-12(11)17/h7-10,15,19-20H,2-6H2,1H3/t9-,10-,15-,16-/m0/s1. The van der Waals surface area contributed by atoms with E-state index in [-0.39, 0.29) is 17.4 Å². The Labute approximate surface area is 117 Å². The highest BCUT2D eigenvalue weighted by molar-refractivity contribution is 5.32. The maximum atomic E-state index is 14.0. The lowest BCUT2D eigenvalue weighted by molar-refractivity contribution is 0.00842. The molecule has 0 radical (unpaired) electrons. The highest BCUT2D eigenvalue weighted by Crippen LogP contribution is 2.55. The molecule has 2 nitrogen and oxygen atoms in total. The van der Waals surface area contributed by atoms with Gasteiger partial charge in [0.25, 0.3) is 0 Å². The number of aromatic hydroxyl groups is 1. The van der Waals surface area contributed by atoms with Crippen LogP contribution in [-0.2, 0) is 0 Å². The van der Waals surface area contributed by atoms with E-state index in [1.807, 2.05) is 0 Å². The molecule has 0 spiro atoms. The Kier molecular flexibility index (Phi) is 3.24. The first-order chi connectivity index (χ1) is 9.41. The van der Waals surface area contributed by atoms with Gasteiger partial charge < -0.3 is 10.2 Å². The van der Waals surface area contributed by atoms with Crippen LogP contribution in [0.2, 0.25) is 0 Å². The minimum Gasteiger partial charge on any atom is -0.505 e. The minimum absolute atomic E-state index is 0.0199. The van der Waals surface area contributed by atoms with Crippen molar-refractivity contribution in [2.24, 2.45) is 11.3 Å². The summed E-state index contributed by atoms with van der Waals surface area (Å²) in [4.78, 5) is 0. The van der Waals surface area contributed by atoms with Crippen LogP contribution >= 0.6 is 0 Å². The van der Waals surface area contributed by atoms with Crippen molar-refractivity contribution in [3.63, 3.8) is 0 Å². The van der Waals surface area contributed by atoms with Crippen molar-refractivity contribution in [3.8, 4) is 5.75 Å². The van der Waals surface area contributed by atoms with Crippen LogP contribution in [0.3, 0.4) is 0 Å². The van der Waals surface area contributed by atoms with Crippen LogP contribution in [0.1, 0.15) is 50.5 Å². The topological polar surface area (TPSA) is 40.5 Å². The molecule has 0 amide bonds. The number of hydrogen-bond donors (Lipinski definition) is 2. The van der Waals surface area contributed by atoms with Crippen molar-refractivity contribution in [1.29, 1.82) is 0 Å². The number of rotatable bonds is 1. The maximum Gasteiger partial charge on any atom is 0.165 e. The fourth-order valence-electron chi connectivity index (χ4n) is 4.14. The number of halogens is 2. The third-order valence-electron chi connectivity index (χ3n) is 5.59. The minimum atomic E-state index is -0.763. The van der Waals surface area contributed by atoms with Gasteiger partial charge in [0.15, 0.2) is 11.6 Å². The fourth-order valence-corrected chi connectivity index (χ4v) is 4.14. The molecular weight excluding hydrogens is 262 g/mol. The molecule has 2 N–H and O–H groups in total. The van der Waals surface area contributed by atoms with Gasteiger partial charge >= 0.3 is 0 Å². The Morgan fingerprint density at radius 3 is 2.65 bits per heavy atom. The van der Waals surface area contributed by atoms with Gasteiger partial charge in [0.1, 0.15) is 5.82 Å². The maximum absolute atomic E-state index is 14.0. The predicted octanol–water partition coefficient (Wildman–Crippen LogP) is 3.72. The van der Waals surface area contributed by atoms with Gasteiger partial charge in [-0.2, -0.15) is 0 Å². The molecule has 4 heteroatoms. The van der Waals surface area contributed by atoms with E-state index in [0.717, 1.165) is 44.2 Å². The molecule has 0 aliphatic heterocycles. The number of aliphatic hydroxyl groups excluding tert-OH is 1. The Morgan fingerprint density at radius 2 is 1.90 bits per heavy atom. The highest BCUT2D eigenvalue weighted by atomic mass is 19.1. The molecule has 3 rings (SSSR count). The van der Waals surface area contributed by atoms with E-state index < -0.39 is 17.4 Å². The largest absolute Gasteiger partial charge is 0.505 e. The van der Waals surface area contributed by atoms with Crippen molar-refractivity contribution >= 4 is 0 Å². The average Bonchev–Trinajstić information content (AvgIpc) is 2.70. The number of phenols is 1. The van der Waals surface area contributed by atoms with E-state index in [0.29, 0.717) is 11.5 Å². The van der Waals surface area contributed by atoms with Crippen LogP contribution in [0.25, 0.3) is 0 Å². The summed E-state index contributed by atoms with van der Waals surface area (Å²) in [7, 11) is 0. The predicted molar refractivity (Wildman–Crippen MR) is 71.5 cm³/mol. The summed E-state index contributed by atoms with van der Waals surface area (Å²) in [5.41, 5.74) is 0.298. The van der Waals surface area contributed by atoms with Gasteiger partial charge in [0.05, 0.1) is 6.10 Å². The Hall–Kier alpha value is -1.16. The first-order valence-corrected chi connectivity index (χ1v) is 7.28. The molecule has 110 valence electrons. The van der Waals surface area contributed by atoms with Crippen LogP contribution < -0.4 is 0 Å². The second kappa shape index (κ2) is 4.69. The van der Waals surface area contributed by atoms with Crippen LogP contribution in [0.4, 0.5) is 8.78 Å². The van der Waals surface area contributed by atoms with Crippen LogP contribution in [0.15, 0.2) is 12.1 Å². The van der Waals surface area contributed by atoms with E-state index >= 15 is 0 Å². The second-order valence-corrected chi connectivity index (χ2v) is 6.59. The average molecular weight is 282 g/mol. The molecule has 1 aromatic carbocycles. The van der Waals surface area contributed by atoms with E-state index in [9.17, 15) is 19.0 Å². The van der Waals surface area contributed by atoms with Crippen molar-refractivity contribution in [2.75, 3.05) is 0 Å². The summed E-state index contributed by atoms with van der Waals surface area (Å²) in [6.07, 6.45) is 3.87. The molecule has 0 bridgehead atoms. The first kappa shape index (κ1) is 13.8. The van der Waals surface area contributed by atoms with Crippen molar-refractivity contribution in [2.45, 2.75) is 51.0 Å². The smallest absolute Gasteiger partial charge is 0.165 e. The SMILES string of the molecule is C[C@]12CC[C@H](c3cc(F)c(O)cc3F)C[C@@H]1CC[C@@H]2O. The van der Waals surface area contributed by atoms with Gasteiger partial charge in [-0.15, -0.1) is 0 Å². The lowest BCUT2D eigenvalue weighted by Gasteiger charge is -2.42. The van der Waals surface area contributed by atoms with Gasteiger partial charge in [-0.05, 0) is 61.0 Å². The second-order valence-electron chi connectivity index (χ2n) is 6.59. The number of hydrogen-bond acceptors (Lipinski definition) is 2. The molecule has 20 heavy (non-hydrogen) atoms.